The van der Waals surface area contributed by atoms with Gasteiger partial charge in [0.2, 0.25) is 0 Å². The molecule has 0 spiro atoms. The number of aliphatic hydroxyl groups excluding tert-OH is 1. The highest BCUT2D eigenvalue weighted by atomic mass is 32.1. The molecule has 0 bridgehead atoms. The van der Waals surface area contributed by atoms with Gasteiger partial charge >= 0.3 is 5.91 Å². The SMILES string of the molecule is CCCCOc1cccc(C2C(=C(O)c3c(C)nc4ccccn34)C(=O)C(=O)N2c2nccs2)c1. The number of Topliss-reactive ketones (excluding diaryl/α,β-unsaturated/α-hetero) is 1. The number of carbonyl (C=O) groups excluding carboxylic acids is 2. The van der Waals surface area contributed by atoms with Crippen molar-refractivity contribution in [2.75, 3.05) is 11.5 Å². The third kappa shape index (κ3) is 3.97. The Labute approximate surface area is 206 Å². The summed E-state index contributed by atoms with van der Waals surface area (Å²) in [5.41, 5.74) is 2.18. The van der Waals surface area contributed by atoms with Gasteiger partial charge in [-0.3, -0.25) is 18.9 Å². The minimum Gasteiger partial charge on any atom is -0.505 e. The molecule has 5 rings (SSSR count). The molecule has 4 heterocycles. The van der Waals surface area contributed by atoms with E-state index in [1.54, 1.807) is 35.2 Å². The van der Waals surface area contributed by atoms with Gasteiger partial charge in [-0.1, -0.05) is 31.5 Å². The third-order valence-electron chi connectivity index (χ3n) is 5.94. The van der Waals surface area contributed by atoms with Crippen LogP contribution in [0.3, 0.4) is 0 Å². The molecule has 1 unspecified atom stereocenters. The summed E-state index contributed by atoms with van der Waals surface area (Å²) in [5, 5.41) is 13.7. The number of amides is 1. The Bertz CT molecular complexity index is 1440. The summed E-state index contributed by atoms with van der Waals surface area (Å²) >= 11 is 1.25. The molecule has 178 valence electrons. The van der Waals surface area contributed by atoms with Crippen molar-refractivity contribution in [3.05, 3.63) is 82.8 Å². The fourth-order valence-electron chi connectivity index (χ4n) is 4.32. The zero-order valence-corrected chi connectivity index (χ0v) is 20.2. The van der Waals surface area contributed by atoms with Gasteiger partial charge in [-0.25, -0.2) is 9.97 Å². The van der Waals surface area contributed by atoms with E-state index in [1.165, 1.54) is 16.2 Å². The van der Waals surface area contributed by atoms with E-state index in [4.69, 9.17) is 4.74 Å². The van der Waals surface area contributed by atoms with Crippen molar-refractivity contribution in [3.8, 4) is 5.75 Å². The van der Waals surface area contributed by atoms with Gasteiger partial charge in [0, 0.05) is 17.8 Å². The Morgan fingerprint density at radius 3 is 2.83 bits per heavy atom. The monoisotopic (exact) mass is 488 g/mol. The molecule has 0 aliphatic carbocycles. The van der Waals surface area contributed by atoms with E-state index in [9.17, 15) is 14.7 Å². The van der Waals surface area contributed by atoms with E-state index in [0.29, 0.717) is 40.1 Å². The van der Waals surface area contributed by atoms with Gasteiger partial charge in [0.15, 0.2) is 10.9 Å². The van der Waals surface area contributed by atoms with Crippen molar-refractivity contribution in [3.63, 3.8) is 0 Å². The maximum atomic E-state index is 13.4. The predicted molar refractivity (Wildman–Crippen MR) is 134 cm³/mol. The average molecular weight is 489 g/mol. The number of ketones is 1. The fraction of sp³-hybridized carbons (Fsp3) is 0.231. The number of hydrogen-bond acceptors (Lipinski definition) is 7. The summed E-state index contributed by atoms with van der Waals surface area (Å²) in [6.45, 7) is 4.41. The number of benzene rings is 1. The van der Waals surface area contributed by atoms with Gasteiger partial charge in [-0.05, 0) is 43.2 Å². The number of aliphatic hydroxyl groups is 1. The summed E-state index contributed by atoms with van der Waals surface area (Å²) in [4.78, 5) is 36.8. The third-order valence-corrected chi connectivity index (χ3v) is 6.71. The number of thiazole rings is 1. The highest BCUT2D eigenvalue weighted by molar-refractivity contribution is 7.14. The second-order valence-electron chi connectivity index (χ2n) is 8.23. The number of aromatic nitrogens is 3. The molecule has 1 amide bonds. The van der Waals surface area contributed by atoms with Crippen molar-refractivity contribution in [2.45, 2.75) is 32.7 Å². The maximum Gasteiger partial charge on any atom is 0.301 e. The number of fused-ring (bicyclic) bond motifs is 1. The average Bonchev–Trinajstić information content (AvgIpc) is 3.56. The first-order chi connectivity index (χ1) is 17.0. The molecule has 0 radical (unpaired) electrons. The van der Waals surface area contributed by atoms with E-state index in [0.717, 1.165) is 12.8 Å². The zero-order chi connectivity index (χ0) is 24.5. The van der Waals surface area contributed by atoms with Crippen molar-refractivity contribution in [1.82, 2.24) is 14.4 Å². The molecule has 1 atom stereocenters. The largest absolute Gasteiger partial charge is 0.505 e. The van der Waals surface area contributed by atoms with Gasteiger partial charge in [0.1, 0.15) is 17.1 Å². The van der Waals surface area contributed by atoms with Crippen LogP contribution < -0.4 is 9.64 Å². The number of unbranched alkanes of at least 4 members (excludes halogenated alkanes) is 1. The molecule has 3 aromatic heterocycles. The Morgan fingerprint density at radius 1 is 1.20 bits per heavy atom. The lowest BCUT2D eigenvalue weighted by Gasteiger charge is -2.23. The first kappa shape index (κ1) is 22.8. The molecule has 1 fully saturated rings. The maximum absolute atomic E-state index is 13.4. The molecule has 1 aliphatic heterocycles. The van der Waals surface area contributed by atoms with E-state index < -0.39 is 17.7 Å². The Balaban J connectivity index is 1.70. The van der Waals surface area contributed by atoms with E-state index in [-0.39, 0.29) is 11.3 Å². The Kier molecular flexibility index (Phi) is 6.08. The van der Waals surface area contributed by atoms with Gasteiger partial charge < -0.3 is 9.84 Å². The molecule has 1 aromatic carbocycles. The number of anilines is 1. The van der Waals surface area contributed by atoms with Crippen molar-refractivity contribution < 1.29 is 19.4 Å². The van der Waals surface area contributed by atoms with Gasteiger partial charge in [0.25, 0.3) is 5.78 Å². The Morgan fingerprint density at radius 2 is 2.06 bits per heavy atom. The Hall–Kier alpha value is -3.98. The predicted octanol–water partition coefficient (Wildman–Crippen LogP) is 4.90. The van der Waals surface area contributed by atoms with Crippen LogP contribution in [-0.4, -0.2) is 37.8 Å². The minimum absolute atomic E-state index is 0.00957. The zero-order valence-electron chi connectivity index (χ0n) is 19.3. The summed E-state index contributed by atoms with van der Waals surface area (Å²) in [6.07, 6.45) is 5.26. The van der Waals surface area contributed by atoms with Crippen LogP contribution in [0, 0.1) is 6.92 Å². The normalized spacial score (nSPS) is 17.4. The minimum atomic E-state index is -0.871. The molecule has 8 nitrogen and oxygen atoms in total. The number of imidazole rings is 1. The number of aryl methyl sites for hydroxylation is 1. The summed E-state index contributed by atoms with van der Waals surface area (Å²) in [5.74, 6) is -1.16. The van der Waals surface area contributed by atoms with Crippen molar-refractivity contribution in [2.24, 2.45) is 0 Å². The van der Waals surface area contributed by atoms with Gasteiger partial charge in [0.05, 0.1) is 23.9 Å². The van der Waals surface area contributed by atoms with Crippen LogP contribution >= 0.6 is 11.3 Å². The molecule has 1 aliphatic rings. The molecule has 35 heavy (non-hydrogen) atoms. The standard InChI is InChI=1S/C26H24N4O4S/c1-3-4-13-34-18-9-7-8-17(15-18)22-20(24(32)25(33)30(22)26-27-11-14-35-26)23(31)21-16(2)28-19-10-5-6-12-29(19)21/h5-12,14-15,22,31H,3-4,13H2,1-2H3. The second kappa shape index (κ2) is 9.34. The molecule has 1 N–H and O–H groups in total. The molecule has 9 heteroatoms. The number of hydrogen-bond donors (Lipinski definition) is 1. The van der Waals surface area contributed by atoms with Crippen LogP contribution in [0.15, 0.2) is 65.8 Å². The topological polar surface area (TPSA) is 97.0 Å². The van der Waals surface area contributed by atoms with Gasteiger partial charge in [-0.2, -0.15) is 0 Å². The number of nitrogens with zero attached hydrogens (tertiary/aromatic N) is 4. The van der Waals surface area contributed by atoms with Crippen LogP contribution in [0.5, 0.6) is 5.75 Å². The quantitative estimate of drug-likeness (QED) is 0.172. The number of carbonyl (C=O) groups is 2. The van der Waals surface area contributed by atoms with Crippen LogP contribution in [-0.2, 0) is 9.59 Å². The van der Waals surface area contributed by atoms with E-state index in [2.05, 4.69) is 16.9 Å². The lowest BCUT2D eigenvalue weighted by Crippen LogP contribution is -2.29. The number of pyridine rings is 1. The summed E-state index contributed by atoms with van der Waals surface area (Å²) < 4.78 is 7.59. The molecular weight excluding hydrogens is 464 g/mol. The van der Waals surface area contributed by atoms with Crippen LogP contribution in [0.1, 0.15) is 42.8 Å². The fourth-order valence-corrected chi connectivity index (χ4v) is 4.98. The van der Waals surface area contributed by atoms with Crippen LogP contribution in [0.25, 0.3) is 11.4 Å². The first-order valence-corrected chi connectivity index (χ1v) is 12.3. The molecule has 4 aromatic rings. The van der Waals surface area contributed by atoms with Gasteiger partial charge in [-0.15, -0.1) is 11.3 Å². The van der Waals surface area contributed by atoms with Crippen molar-refractivity contribution in [1.29, 1.82) is 0 Å². The summed E-state index contributed by atoms with van der Waals surface area (Å²) in [6, 6.07) is 11.9. The molecular formula is C26H24N4O4S. The van der Waals surface area contributed by atoms with Crippen molar-refractivity contribution >= 4 is 39.6 Å². The molecule has 0 saturated carbocycles. The highest BCUT2D eigenvalue weighted by Crippen LogP contribution is 2.43. The lowest BCUT2D eigenvalue weighted by molar-refractivity contribution is -0.132. The summed E-state index contributed by atoms with van der Waals surface area (Å²) in [7, 11) is 0. The molecule has 1 saturated heterocycles. The first-order valence-electron chi connectivity index (χ1n) is 11.4. The van der Waals surface area contributed by atoms with Crippen LogP contribution in [0.2, 0.25) is 0 Å². The lowest BCUT2D eigenvalue weighted by atomic mass is 9.96. The number of ether oxygens (including phenoxy) is 1. The van der Waals surface area contributed by atoms with E-state index >= 15 is 0 Å². The van der Waals surface area contributed by atoms with Crippen LogP contribution in [0.4, 0.5) is 5.13 Å². The smallest absolute Gasteiger partial charge is 0.301 e. The highest BCUT2D eigenvalue weighted by Gasteiger charge is 2.48. The van der Waals surface area contributed by atoms with E-state index in [1.807, 2.05) is 36.4 Å². The number of rotatable bonds is 7. The second-order valence-corrected chi connectivity index (χ2v) is 9.11.